The van der Waals surface area contributed by atoms with E-state index in [2.05, 4.69) is 10.1 Å². The summed E-state index contributed by atoms with van der Waals surface area (Å²) in [4.78, 5) is 15.4. The second-order valence-electron chi connectivity index (χ2n) is 3.69. The number of hydrogen-bond donors (Lipinski definition) is 0. The molecule has 0 spiro atoms. The topological polar surface area (TPSA) is 57.0 Å². The maximum Gasteiger partial charge on any atom is 0.305 e. The summed E-state index contributed by atoms with van der Waals surface area (Å²) in [5, 5.41) is 5.26. The Kier molecular flexibility index (Phi) is 3.69. The molecule has 2 rings (SSSR count). The molecule has 0 aliphatic heterocycles. The Balaban J connectivity index is 1.93. The number of carbonyl (C=O) groups is 1. The summed E-state index contributed by atoms with van der Waals surface area (Å²) in [6.45, 7) is 2.92. The molecule has 0 aliphatic rings. The van der Waals surface area contributed by atoms with E-state index in [9.17, 15) is 4.79 Å². The van der Waals surface area contributed by atoms with Gasteiger partial charge in [0.2, 0.25) is 0 Å². The quantitative estimate of drug-likeness (QED) is 0.738. The van der Waals surface area contributed by atoms with Crippen LogP contribution in [0.2, 0.25) is 0 Å². The second kappa shape index (κ2) is 5.43. The van der Waals surface area contributed by atoms with Crippen LogP contribution >= 0.6 is 0 Å². The molecule has 0 saturated heterocycles. The average Bonchev–Trinajstić information content (AvgIpc) is 2.73. The molecule has 5 nitrogen and oxygen atoms in total. The standard InChI is InChI=1S/C12H15N3O2/c1-2-17-11(16)6-4-8-15-12-10(9-14-15)5-3-7-13-12/h3,5,7,9H,2,4,6,8H2,1H3. The van der Waals surface area contributed by atoms with Gasteiger partial charge in [-0.2, -0.15) is 5.10 Å². The van der Waals surface area contributed by atoms with Crippen LogP contribution in [-0.2, 0) is 16.1 Å². The molecule has 0 amide bonds. The molecular formula is C12H15N3O2. The van der Waals surface area contributed by atoms with Crippen molar-refractivity contribution < 1.29 is 9.53 Å². The third-order valence-electron chi connectivity index (χ3n) is 2.45. The maximum absolute atomic E-state index is 11.2. The smallest absolute Gasteiger partial charge is 0.305 e. The number of hydrogen-bond acceptors (Lipinski definition) is 4. The monoisotopic (exact) mass is 233 g/mol. The fourth-order valence-corrected chi connectivity index (χ4v) is 1.68. The van der Waals surface area contributed by atoms with Crippen LogP contribution in [-0.4, -0.2) is 27.3 Å². The number of rotatable bonds is 5. The molecule has 0 unspecified atom stereocenters. The molecule has 0 bridgehead atoms. The Labute approximate surface area is 99.4 Å². The number of nitrogens with zero attached hydrogens (tertiary/aromatic N) is 3. The molecular weight excluding hydrogens is 218 g/mol. The first-order chi connectivity index (χ1) is 8.31. The van der Waals surface area contributed by atoms with Crippen molar-refractivity contribution in [3.63, 3.8) is 0 Å². The van der Waals surface area contributed by atoms with E-state index in [4.69, 9.17) is 4.74 Å². The molecule has 0 atom stereocenters. The van der Waals surface area contributed by atoms with Gasteiger partial charge < -0.3 is 4.74 Å². The lowest BCUT2D eigenvalue weighted by molar-refractivity contribution is -0.143. The van der Waals surface area contributed by atoms with Gasteiger partial charge in [0.05, 0.1) is 12.8 Å². The van der Waals surface area contributed by atoms with Gasteiger partial charge >= 0.3 is 5.97 Å². The van der Waals surface area contributed by atoms with Crippen LogP contribution < -0.4 is 0 Å². The summed E-state index contributed by atoms with van der Waals surface area (Å²) in [6.07, 6.45) is 4.66. The zero-order valence-electron chi connectivity index (χ0n) is 9.80. The second-order valence-corrected chi connectivity index (χ2v) is 3.69. The fourth-order valence-electron chi connectivity index (χ4n) is 1.68. The van der Waals surface area contributed by atoms with Crippen molar-refractivity contribution in [2.24, 2.45) is 0 Å². The van der Waals surface area contributed by atoms with Crippen LogP contribution in [0.4, 0.5) is 0 Å². The van der Waals surface area contributed by atoms with E-state index in [1.807, 2.05) is 23.7 Å². The highest BCUT2D eigenvalue weighted by Gasteiger charge is 2.05. The van der Waals surface area contributed by atoms with Gasteiger partial charge in [-0.25, -0.2) is 9.67 Å². The van der Waals surface area contributed by atoms with Crippen molar-refractivity contribution in [1.29, 1.82) is 0 Å². The van der Waals surface area contributed by atoms with Crippen LogP contribution in [0.1, 0.15) is 19.8 Å². The lowest BCUT2D eigenvalue weighted by Gasteiger charge is -2.03. The number of aryl methyl sites for hydroxylation is 1. The van der Waals surface area contributed by atoms with Crippen LogP contribution in [0.15, 0.2) is 24.5 Å². The molecule has 2 aromatic rings. The SMILES string of the molecule is CCOC(=O)CCCn1ncc2cccnc21. The highest BCUT2D eigenvalue weighted by Crippen LogP contribution is 2.10. The van der Waals surface area contributed by atoms with Gasteiger partial charge in [0.1, 0.15) is 0 Å². The highest BCUT2D eigenvalue weighted by atomic mass is 16.5. The summed E-state index contributed by atoms with van der Waals surface area (Å²) in [6, 6.07) is 3.85. The van der Waals surface area contributed by atoms with Gasteiger partial charge in [0.25, 0.3) is 0 Å². The van der Waals surface area contributed by atoms with Gasteiger partial charge in [-0.1, -0.05) is 0 Å². The Morgan fingerprint density at radius 3 is 3.24 bits per heavy atom. The summed E-state index contributed by atoms with van der Waals surface area (Å²) in [5.41, 5.74) is 0.858. The fraction of sp³-hybridized carbons (Fsp3) is 0.417. The van der Waals surface area contributed by atoms with E-state index in [0.717, 1.165) is 11.0 Å². The van der Waals surface area contributed by atoms with E-state index < -0.39 is 0 Å². The maximum atomic E-state index is 11.2. The molecule has 0 N–H and O–H groups in total. The van der Waals surface area contributed by atoms with E-state index in [-0.39, 0.29) is 5.97 Å². The largest absolute Gasteiger partial charge is 0.466 e. The summed E-state index contributed by atoms with van der Waals surface area (Å²) in [7, 11) is 0. The predicted molar refractivity (Wildman–Crippen MR) is 63.4 cm³/mol. The van der Waals surface area contributed by atoms with Crippen LogP contribution in [0.25, 0.3) is 11.0 Å². The molecule has 0 aliphatic carbocycles. The Bertz CT molecular complexity index is 507. The van der Waals surface area contributed by atoms with Gasteiger partial charge in [-0.15, -0.1) is 0 Å². The molecule has 0 fully saturated rings. The zero-order valence-corrected chi connectivity index (χ0v) is 9.80. The molecule has 90 valence electrons. The molecule has 0 radical (unpaired) electrons. The number of pyridine rings is 1. The number of carbonyl (C=O) groups excluding carboxylic acids is 1. The van der Waals surface area contributed by atoms with E-state index in [0.29, 0.717) is 26.0 Å². The van der Waals surface area contributed by atoms with E-state index in [1.54, 1.807) is 12.4 Å². The van der Waals surface area contributed by atoms with Gasteiger partial charge in [0.15, 0.2) is 5.65 Å². The molecule has 5 heteroatoms. The van der Waals surface area contributed by atoms with Crippen molar-refractivity contribution in [2.75, 3.05) is 6.61 Å². The highest BCUT2D eigenvalue weighted by molar-refractivity contribution is 5.73. The molecule has 2 aromatic heterocycles. The minimum atomic E-state index is -0.156. The normalized spacial score (nSPS) is 10.6. The summed E-state index contributed by atoms with van der Waals surface area (Å²) in [5.74, 6) is -0.156. The third kappa shape index (κ3) is 2.81. The first-order valence-corrected chi connectivity index (χ1v) is 5.73. The minimum absolute atomic E-state index is 0.156. The number of ether oxygens (including phenoxy) is 1. The Morgan fingerprint density at radius 1 is 1.53 bits per heavy atom. The minimum Gasteiger partial charge on any atom is -0.466 e. The summed E-state index contributed by atoms with van der Waals surface area (Å²) >= 11 is 0. The van der Waals surface area contributed by atoms with Crippen molar-refractivity contribution in [2.45, 2.75) is 26.3 Å². The van der Waals surface area contributed by atoms with Crippen LogP contribution in [0.5, 0.6) is 0 Å². The lowest BCUT2D eigenvalue weighted by atomic mass is 10.3. The lowest BCUT2D eigenvalue weighted by Crippen LogP contribution is -2.07. The summed E-state index contributed by atoms with van der Waals surface area (Å²) < 4.78 is 6.68. The average molecular weight is 233 g/mol. The Morgan fingerprint density at radius 2 is 2.41 bits per heavy atom. The van der Waals surface area contributed by atoms with E-state index >= 15 is 0 Å². The molecule has 0 aromatic carbocycles. The first kappa shape index (κ1) is 11.6. The van der Waals surface area contributed by atoms with Crippen LogP contribution in [0.3, 0.4) is 0 Å². The molecule has 0 saturated carbocycles. The van der Waals surface area contributed by atoms with Crippen LogP contribution in [0, 0.1) is 0 Å². The van der Waals surface area contributed by atoms with E-state index in [1.165, 1.54) is 0 Å². The number of aromatic nitrogens is 3. The predicted octanol–water partition coefficient (Wildman–Crippen LogP) is 1.77. The van der Waals surface area contributed by atoms with Crippen molar-refractivity contribution >= 4 is 17.0 Å². The molecule has 2 heterocycles. The number of esters is 1. The zero-order chi connectivity index (χ0) is 12.1. The van der Waals surface area contributed by atoms with Crippen molar-refractivity contribution in [1.82, 2.24) is 14.8 Å². The van der Waals surface area contributed by atoms with Gasteiger partial charge in [-0.05, 0) is 25.5 Å². The Hall–Kier alpha value is -1.91. The van der Waals surface area contributed by atoms with Gasteiger partial charge in [0, 0.05) is 24.5 Å². The van der Waals surface area contributed by atoms with Crippen molar-refractivity contribution in [3.05, 3.63) is 24.5 Å². The number of fused-ring (bicyclic) bond motifs is 1. The van der Waals surface area contributed by atoms with Crippen molar-refractivity contribution in [3.8, 4) is 0 Å². The first-order valence-electron chi connectivity index (χ1n) is 5.73. The van der Waals surface area contributed by atoms with Gasteiger partial charge in [-0.3, -0.25) is 4.79 Å². The third-order valence-corrected chi connectivity index (χ3v) is 2.45. The molecule has 17 heavy (non-hydrogen) atoms.